The highest BCUT2D eigenvalue weighted by Crippen LogP contribution is 2.05. The van der Waals surface area contributed by atoms with Crippen molar-refractivity contribution in [2.24, 2.45) is 7.05 Å². The number of hydrogen-bond donors (Lipinski definition) is 2. The smallest absolute Gasteiger partial charge is 0.313 e. The van der Waals surface area contributed by atoms with Crippen LogP contribution in [0.2, 0.25) is 0 Å². The van der Waals surface area contributed by atoms with Crippen LogP contribution in [0.4, 0.5) is 0 Å². The molecule has 0 aromatic carbocycles. The Morgan fingerprint density at radius 2 is 2.24 bits per heavy atom. The van der Waals surface area contributed by atoms with Gasteiger partial charge in [-0.1, -0.05) is 0 Å². The van der Waals surface area contributed by atoms with E-state index in [1.54, 1.807) is 10.9 Å². The fourth-order valence-electron chi connectivity index (χ4n) is 1.19. The Morgan fingerprint density at radius 3 is 2.76 bits per heavy atom. The summed E-state index contributed by atoms with van der Waals surface area (Å²) < 4.78 is 1.74. The number of aromatic nitrogens is 2. The molecular formula is C10H15N3O3S. The number of aliphatic carboxylic acids is 1. The molecule has 1 amide bonds. The van der Waals surface area contributed by atoms with E-state index < -0.39 is 5.97 Å². The minimum Gasteiger partial charge on any atom is -0.481 e. The van der Waals surface area contributed by atoms with Gasteiger partial charge in [0.25, 0.3) is 0 Å². The van der Waals surface area contributed by atoms with Crippen molar-refractivity contribution in [2.75, 3.05) is 11.5 Å². The molecule has 1 aromatic heterocycles. The second-order valence-electron chi connectivity index (χ2n) is 3.54. The quantitative estimate of drug-likeness (QED) is 0.758. The molecule has 2 N–H and O–H groups in total. The molecule has 0 unspecified atom stereocenters. The van der Waals surface area contributed by atoms with Crippen LogP contribution in [0.3, 0.4) is 0 Å². The van der Waals surface area contributed by atoms with E-state index in [-0.39, 0.29) is 17.4 Å². The first-order valence-electron chi connectivity index (χ1n) is 5.04. The number of nitrogens with one attached hydrogen (secondary N) is 1. The number of nitrogens with zero attached hydrogens (tertiary/aromatic N) is 2. The van der Waals surface area contributed by atoms with E-state index in [0.717, 1.165) is 23.0 Å². The molecule has 1 rings (SSSR count). The molecular weight excluding hydrogens is 242 g/mol. The number of rotatable bonds is 6. The number of thioether (sulfide) groups is 1. The van der Waals surface area contributed by atoms with Gasteiger partial charge in [0.1, 0.15) is 0 Å². The van der Waals surface area contributed by atoms with E-state index in [0.29, 0.717) is 6.54 Å². The zero-order chi connectivity index (χ0) is 12.8. The highest BCUT2D eigenvalue weighted by molar-refractivity contribution is 8.00. The number of aryl methyl sites for hydroxylation is 1. The van der Waals surface area contributed by atoms with E-state index in [9.17, 15) is 9.59 Å². The van der Waals surface area contributed by atoms with Crippen LogP contribution in [0.1, 0.15) is 11.3 Å². The van der Waals surface area contributed by atoms with Crippen molar-refractivity contribution in [3.63, 3.8) is 0 Å². The van der Waals surface area contributed by atoms with Crippen LogP contribution >= 0.6 is 11.8 Å². The Balaban J connectivity index is 2.28. The predicted octanol–water partition coefficient (Wildman–Crippen LogP) is 0.163. The molecule has 0 aliphatic rings. The molecule has 17 heavy (non-hydrogen) atoms. The SMILES string of the molecule is Cc1c(CNC(=O)CSCC(=O)O)cnn1C. The molecule has 0 spiro atoms. The Bertz CT molecular complexity index is 417. The van der Waals surface area contributed by atoms with E-state index in [4.69, 9.17) is 5.11 Å². The van der Waals surface area contributed by atoms with Crippen molar-refractivity contribution in [3.05, 3.63) is 17.5 Å². The molecule has 1 aromatic rings. The maximum atomic E-state index is 11.4. The summed E-state index contributed by atoms with van der Waals surface area (Å²) in [5.41, 5.74) is 1.97. The van der Waals surface area contributed by atoms with Crippen molar-refractivity contribution in [3.8, 4) is 0 Å². The lowest BCUT2D eigenvalue weighted by atomic mass is 10.2. The fraction of sp³-hybridized carbons (Fsp3) is 0.500. The number of carboxylic acid groups (broad SMARTS) is 1. The van der Waals surface area contributed by atoms with Crippen molar-refractivity contribution in [2.45, 2.75) is 13.5 Å². The molecule has 0 bridgehead atoms. The lowest BCUT2D eigenvalue weighted by Crippen LogP contribution is -2.25. The molecule has 7 heteroatoms. The van der Waals surface area contributed by atoms with E-state index in [1.165, 1.54) is 0 Å². The van der Waals surface area contributed by atoms with Gasteiger partial charge in [0, 0.05) is 24.8 Å². The molecule has 0 saturated carbocycles. The number of amides is 1. The second kappa shape index (κ2) is 6.29. The van der Waals surface area contributed by atoms with Crippen LogP contribution < -0.4 is 5.32 Å². The van der Waals surface area contributed by atoms with Gasteiger partial charge >= 0.3 is 5.97 Å². The van der Waals surface area contributed by atoms with Gasteiger partial charge in [0.15, 0.2) is 0 Å². The maximum absolute atomic E-state index is 11.4. The minimum absolute atomic E-state index is 0.0562. The summed E-state index contributed by atoms with van der Waals surface area (Å²) in [4.78, 5) is 21.6. The van der Waals surface area contributed by atoms with Crippen LogP contribution in [-0.4, -0.2) is 38.3 Å². The number of carbonyl (C=O) groups is 2. The Kier molecular flexibility index (Phi) is 5.02. The van der Waals surface area contributed by atoms with Gasteiger partial charge in [-0.05, 0) is 6.92 Å². The van der Waals surface area contributed by atoms with Gasteiger partial charge in [0.2, 0.25) is 5.91 Å². The van der Waals surface area contributed by atoms with Gasteiger partial charge in [-0.25, -0.2) is 0 Å². The second-order valence-corrected chi connectivity index (χ2v) is 4.53. The Labute approximate surface area is 103 Å². The first kappa shape index (κ1) is 13.6. The third kappa shape index (κ3) is 4.48. The largest absolute Gasteiger partial charge is 0.481 e. The normalized spacial score (nSPS) is 10.2. The molecule has 0 radical (unpaired) electrons. The highest BCUT2D eigenvalue weighted by atomic mass is 32.2. The standard InChI is InChI=1S/C10H15N3O3S/c1-7-8(4-12-13(7)2)3-11-9(14)5-17-6-10(15)16/h4H,3,5-6H2,1-2H3,(H,11,14)(H,15,16). The lowest BCUT2D eigenvalue weighted by Gasteiger charge is -2.04. The lowest BCUT2D eigenvalue weighted by molar-refractivity contribution is -0.133. The molecule has 6 nitrogen and oxygen atoms in total. The summed E-state index contributed by atoms with van der Waals surface area (Å²) in [5, 5.41) is 15.2. The number of carbonyl (C=O) groups excluding carboxylic acids is 1. The molecule has 0 atom stereocenters. The van der Waals surface area contributed by atoms with Crippen molar-refractivity contribution < 1.29 is 14.7 Å². The highest BCUT2D eigenvalue weighted by Gasteiger charge is 2.07. The maximum Gasteiger partial charge on any atom is 0.313 e. The Morgan fingerprint density at radius 1 is 1.53 bits per heavy atom. The summed E-state index contributed by atoms with van der Waals surface area (Å²) in [6.07, 6.45) is 1.71. The predicted molar refractivity (Wildman–Crippen MR) is 64.8 cm³/mol. The molecule has 94 valence electrons. The van der Waals surface area contributed by atoms with E-state index in [1.807, 2.05) is 14.0 Å². The molecule has 0 aliphatic heterocycles. The minimum atomic E-state index is -0.911. The summed E-state index contributed by atoms with van der Waals surface area (Å²) in [6, 6.07) is 0. The van der Waals surface area contributed by atoms with Crippen molar-refractivity contribution in [1.82, 2.24) is 15.1 Å². The topological polar surface area (TPSA) is 84.2 Å². The molecule has 0 saturated heterocycles. The first-order chi connectivity index (χ1) is 8.00. The van der Waals surface area contributed by atoms with E-state index >= 15 is 0 Å². The van der Waals surface area contributed by atoms with Crippen LogP contribution in [-0.2, 0) is 23.2 Å². The summed E-state index contributed by atoms with van der Waals surface area (Å²) in [7, 11) is 1.84. The van der Waals surface area contributed by atoms with Gasteiger partial charge in [0.05, 0.1) is 17.7 Å². The van der Waals surface area contributed by atoms with Crippen LogP contribution in [0.15, 0.2) is 6.20 Å². The zero-order valence-corrected chi connectivity index (χ0v) is 10.6. The van der Waals surface area contributed by atoms with Gasteiger partial charge in [-0.3, -0.25) is 14.3 Å². The van der Waals surface area contributed by atoms with Gasteiger partial charge in [-0.15, -0.1) is 11.8 Å². The zero-order valence-electron chi connectivity index (χ0n) is 9.77. The summed E-state index contributed by atoms with van der Waals surface area (Å²) >= 11 is 1.08. The molecule has 0 fully saturated rings. The Hall–Kier alpha value is -1.50. The number of hydrogen-bond acceptors (Lipinski definition) is 4. The summed E-state index contributed by atoms with van der Waals surface area (Å²) in [6.45, 7) is 2.35. The van der Waals surface area contributed by atoms with Crippen molar-refractivity contribution >= 4 is 23.6 Å². The fourth-order valence-corrected chi connectivity index (χ4v) is 1.76. The summed E-state index contributed by atoms with van der Waals surface area (Å²) in [5.74, 6) is -0.976. The van der Waals surface area contributed by atoms with E-state index in [2.05, 4.69) is 10.4 Å². The van der Waals surface area contributed by atoms with Crippen molar-refractivity contribution in [1.29, 1.82) is 0 Å². The first-order valence-corrected chi connectivity index (χ1v) is 6.20. The van der Waals surface area contributed by atoms with Crippen LogP contribution in [0.25, 0.3) is 0 Å². The third-order valence-corrected chi connectivity index (χ3v) is 3.19. The van der Waals surface area contributed by atoms with Gasteiger partial charge < -0.3 is 10.4 Å². The van der Waals surface area contributed by atoms with Crippen LogP contribution in [0, 0.1) is 6.92 Å². The number of carboxylic acids is 1. The molecule has 1 heterocycles. The third-order valence-electron chi connectivity index (χ3n) is 2.27. The monoisotopic (exact) mass is 257 g/mol. The van der Waals surface area contributed by atoms with Crippen LogP contribution in [0.5, 0.6) is 0 Å². The average molecular weight is 257 g/mol. The van der Waals surface area contributed by atoms with Gasteiger partial charge in [-0.2, -0.15) is 5.10 Å². The molecule has 0 aliphatic carbocycles. The average Bonchev–Trinajstić information content (AvgIpc) is 2.57.